The predicted molar refractivity (Wildman–Crippen MR) is 68.4 cm³/mol. The van der Waals surface area contributed by atoms with Crippen molar-refractivity contribution < 1.29 is 9.59 Å². The largest absolute Gasteiger partial charge is 0.311 e. The lowest BCUT2D eigenvalue weighted by Crippen LogP contribution is -2.24. The first-order valence-electron chi connectivity index (χ1n) is 6.11. The number of benzene rings is 1. The molecule has 1 aromatic rings. The molecule has 0 bridgehead atoms. The number of aryl methyl sites for hydroxylation is 1. The van der Waals surface area contributed by atoms with Crippen LogP contribution >= 0.6 is 0 Å². The highest BCUT2D eigenvalue weighted by Crippen LogP contribution is 2.30. The summed E-state index contributed by atoms with van der Waals surface area (Å²) in [5.74, 6) is 2.83. The highest BCUT2D eigenvalue weighted by Gasteiger charge is 2.30. The predicted octanol–water partition coefficient (Wildman–Crippen LogP) is 1.80. The monoisotopic (exact) mass is 239 g/mol. The van der Waals surface area contributed by atoms with Crippen LogP contribution in [-0.4, -0.2) is 18.2 Å². The van der Waals surface area contributed by atoms with Gasteiger partial charge in [-0.1, -0.05) is 6.07 Å². The average molecular weight is 239 g/mol. The van der Waals surface area contributed by atoms with Crippen LogP contribution in [0.5, 0.6) is 0 Å². The maximum atomic E-state index is 11.9. The Morgan fingerprint density at radius 1 is 1.28 bits per heavy atom. The van der Waals surface area contributed by atoms with E-state index in [4.69, 9.17) is 6.42 Å². The van der Waals surface area contributed by atoms with Gasteiger partial charge in [0.15, 0.2) is 5.78 Å². The van der Waals surface area contributed by atoms with E-state index in [1.807, 2.05) is 18.2 Å². The van der Waals surface area contributed by atoms with Gasteiger partial charge in [-0.05, 0) is 24.1 Å². The molecular formula is C15H13NO2. The van der Waals surface area contributed by atoms with Crippen molar-refractivity contribution in [2.24, 2.45) is 5.92 Å². The Morgan fingerprint density at radius 3 is 2.83 bits per heavy atom. The Hall–Kier alpha value is -2.08. The number of carbonyl (C=O) groups is 2. The number of hydrogen-bond acceptors (Lipinski definition) is 2. The third kappa shape index (κ3) is 1.62. The molecule has 1 unspecified atom stereocenters. The molecule has 0 radical (unpaired) electrons. The van der Waals surface area contributed by atoms with Crippen LogP contribution in [0.25, 0.3) is 0 Å². The molecule has 3 heteroatoms. The van der Waals surface area contributed by atoms with Crippen molar-refractivity contribution in [1.82, 2.24) is 0 Å². The molecule has 1 atom stereocenters. The maximum Gasteiger partial charge on any atom is 0.228 e. The van der Waals surface area contributed by atoms with E-state index in [0.29, 0.717) is 19.4 Å². The normalized spacial score (nSPS) is 22.2. The van der Waals surface area contributed by atoms with Gasteiger partial charge >= 0.3 is 0 Å². The van der Waals surface area contributed by atoms with Gasteiger partial charge in [-0.2, -0.15) is 0 Å². The van der Waals surface area contributed by atoms with Crippen LogP contribution in [0.1, 0.15) is 28.8 Å². The van der Waals surface area contributed by atoms with Gasteiger partial charge in [-0.15, -0.1) is 12.3 Å². The van der Waals surface area contributed by atoms with Crippen molar-refractivity contribution in [3.8, 4) is 12.3 Å². The summed E-state index contributed by atoms with van der Waals surface area (Å²) < 4.78 is 0. The number of terminal acetylenes is 1. The van der Waals surface area contributed by atoms with Crippen LogP contribution in [0, 0.1) is 18.3 Å². The molecule has 1 amide bonds. The van der Waals surface area contributed by atoms with Gasteiger partial charge in [-0.3, -0.25) is 9.59 Å². The summed E-state index contributed by atoms with van der Waals surface area (Å²) in [4.78, 5) is 25.3. The first kappa shape index (κ1) is 11.0. The number of carbonyl (C=O) groups excluding carboxylic acids is 2. The van der Waals surface area contributed by atoms with E-state index in [2.05, 4.69) is 5.92 Å². The fourth-order valence-electron chi connectivity index (χ4n) is 2.66. The van der Waals surface area contributed by atoms with Crippen LogP contribution in [0.4, 0.5) is 5.69 Å². The van der Waals surface area contributed by atoms with Crippen molar-refractivity contribution in [3.63, 3.8) is 0 Å². The Kier molecular flexibility index (Phi) is 2.45. The summed E-state index contributed by atoms with van der Waals surface area (Å²) in [6.45, 7) is 0.558. The fourth-order valence-corrected chi connectivity index (χ4v) is 2.66. The zero-order valence-electron chi connectivity index (χ0n) is 9.98. The molecule has 0 N–H and O–H groups in total. The molecular weight excluding hydrogens is 226 g/mol. The average Bonchev–Trinajstić information content (AvgIpc) is 2.93. The molecule has 1 aromatic carbocycles. The van der Waals surface area contributed by atoms with Crippen molar-refractivity contribution >= 4 is 17.4 Å². The van der Waals surface area contributed by atoms with E-state index in [9.17, 15) is 9.59 Å². The van der Waals surface area contributed by atoms with Crippen molar-refractivity contribution in [2.45, 2.75) is 19.3 Å². The smallest absolute Gasteiger partial charge is 0.228 e. The third-order valence-electron chi connectivity index (χ3n) is 3.69. The van der Waals surface area contributed by atoms with E-state index < -0.39 is 0 Å². The summed E-state index contributed by atoms with van der Waals surface area (Å²) in [5, 5.41) is 0. The van der Waals surface area contributed by atoms with E-state index in [1.54, 1.807) is 4.90 Å². The number of fused-ring (bicyclic) bond motifs is 1. The second-order valence-electron chi connectivity index (χ2n) is 4.84. The Morgan fingerprint density at radius 2 is 2.11 bits per heavy atom. The summed E-state index contributed by atoms with van der Waals surface area (Å²) in [5.41, 5.74) is 2.65. The molecule has 1 aliphatic carbocycles. The summed E-state index contributed by atoms with van der Waals surface area (Å²) >= 11 is 0. The lowest BCUT2D eigenvalue weighted by atomic mass is 10.1. The molecule has 0 saturated carbocycles. The number of hydrogen-bond donors (Lipinski definition) is 0. The molecule has 3 nitrogen and oxygen atoms in total. The second kappa shape index (κ2) is 3.99. The molecule has 1 saturated heterocycles. The van der Waals surface area contributed by atoms with Crippen LogP contribution in [0.2, 0.25) is 0 Å². The zero-order valence-corrected chi connectivity index (χ0v) is 9.98. The molecule has 1 heterocycles. The number of nitrogens with zero attached hydrogens (tertiary/aromatic N) is 1. The van der Waals surface area contributed by atoms with Gasteiger partial charge in [0, 0.05) is 36.6 Å². The van der Waals surface area contributed by atoms with Crippen LogP contribution in [0.3, 0.4) is 0 Å². The number of Topliss-reactive ketones (excluding diaryl/α,β-unsaturated/α-hetero) is 1. The first-order chi connectivity index (χ1) is 8.69. The molecule has 3 rings (SSSR count). The van der Waals surface area contributed by atoms with Gasteiger partial charge in [0.25, 0.3) is 0 Å². The summed E-state index contributed by atoms with van der Waals surface area (Å²) in [6, 6.07) is 5.70. The number of anilines is 1. The van der Waals surface area contributed by atoms with E-state index in [0.717, 1.165) is 23.2 Å². The highest BCUT2D eigenvalue weighted by atomic mass is 16.2. The minimum Gasteiger partial charge on any atom is -0.311 e. The number of rotatable bonds is 1. The zero-order chi connectivity index (χ0) is 12.7. The van der Waals surface area contributed by atoms with Gasteiger partial charge in [0.05, 0.1) is 0 Å². The van der Waals surface area contributed by atoms with Gasteiger partial charge < -0.3 is 4.90 Å². The van der Waals surface area contributed by atoms with Gasteiger partial charge in [-0.25, -0.2) is 0 Å². The molecule has 1 fully saturated rings. The molecule has 0 spiro atoms. The second-order valence-corrected chi connectivity index (χ2v) is 4.84. The SMILES string of the molecule is C#CC1CC(=O)N(c2ccc3c(c2)C(=O)CC3)C1. The fraction of sp³-hybridized carbons (Fsp3) is 0.333. The summed E-state index contributed by atoms with van der Waals surface area (Å²) in [7, 11) is 0. The molecule has 18 heavy (non-hydrogen) atoms. The Bertz CT molecular complexity index is 583. The Labute approximate surface area is 106 Å². The van der Waals surface area contributed by atoms with E-state index in [1.165, 1.54) is 0 Å². The first-order valence-corrected chi connectivity index (χ1v) is 6.11. The van der Waals surface area contributed by atoms with Crippen LogP contribution in [-0.2, 0) is 11.2 Å². The molecule has 1 aliphatic heterocycles. The maximum absolute atomic E-state index is 11.9. The lowest BCUT2D eigenvalue weighted by Gasteiger charge is -2.16. The van der Waals surface area contributed by atoms with E-state index >= 15 is 0 Å². The molecule has 0 aromatic heterocycles. The third-order valence-corrected chi connectivity index (χ3v) is 3.69. The molecule has 90 valence electrons. The number of amides is 1. The highest BCUT2D eigenvalue weighted by molar-refractivity contribution is 6.03. The standard InChI is InChI=1S/C15H13NO2/c1-2-10-7-15(18)16(9-10)12-5-3-11-4-6-14(17)13(11)8-12/h1,3,5,8,10H,4,6-7,9H2. The van der Waals surface area contributed by atoms with Crippen molar-refractivity contribution in [2.75, 3.05) is 11.4 Å². The quantitative estimate of drug-likeness (QED) is 0.701. The van der Waals surface area contributed by atoms with Gasteiger partial charge in [0.2, 0.25) is 5.91 Å². The van der Waals surface area contributed by atoms with Crippen molar-refractivity contribution in [3.05, 3.63) is 29.3 Å². The van der Waals surface area contributed by atoms with Gasteiger partial charge in [0.1, 0.15) is 0 Å². The summed E-state index contributed by atoms with van der Waals surface area (Å²) in [6.07, 6.45) is 7.17. The lowest BCUT2D eigenvalue weighted by molar-refractivity contribution is -0.117. The van der Waals surface area contributed by atoms with Crippen molar-refractivity contribution in [1.29, 1.82) is 0 Å². The van der Waals surface area contributed by atoms with E-state index in [-0.39, 0.29) is 17.6 Å². The molecule has 2 aliphatic rings. The minimum atomic E-state index is -0.0125. The Balaban J connectivity index is 1.95. The van der Waals surface area contributed by atoms with Crippen LogP contribution in [0.15, 0.2) is 18.2 Å². The minimum absolute atomic E-state index is 0.0125. The van der Waals surface area contributed by atoms with Crippen LogP contribution < -0.4 is 4.90 Å². The number of ketones is 1. The topological polar surface area (TPSA) is 37.4 Å².